The van der Waals surface area contributed by atoms with Gasteiger partial charge in [-0.3, -0.25) is 4.79 Å². The molecule has 6 heteroatoms. The number of hydrogen-bond acceptors (Lipinski definition) is 2. The smallest absolute Gasteiger partial charge is 0.255 e. The summed E-state index contributed by atoms with van der Waals surface area (Å²) in [6, 6.07) is 4.21. The molecular formula is C12H14BrFN2OS. The number of benzene rings is 1. The van der Waals surface area contributed by atoms with Gasteiger partial charge in [0.15, 0.2) is 0 Å². The van der Waals surface area contributed by atoms with E-state index in [1.54, 1.807) is 6.07 Å². The summed E-state index contributed by atoms with van der Waals surface area (Å²) >= 11 is 7.96. The number of hydrogen-bond donors (Lipinski definition) is 2. The number of nitrogens with one attached hydrogen (secondary N) is 1. The molecular weight excluding hydrogens is 319 g/mol. The maximum absolute atomic E-state index is 13.6. The van der Waals surface area contributed by atoms with Gasteiger partial charge in [-0.2, -0.15) is 0 Å². The van der Waals surface area contributed by atoms with Crippen LogP contribution in [0.3, 0.4) is 0 Å². The molecule has 0 saturated carbocycles. The summed E-state index contributed by atoms with van der Waals surface area (Å²) in [5, 5.41) is 2.72. The molecule has 0 bridgehead atoms. The first kappa shape index (κ1) is 15.0. The highest BCUT2D eigenvalue weighted by Crippen LogP contribution is 2.19. The Morgan fingerprint density at radius 2 is 2.28 bits per heavy atom. The second-order valence-electron chi connectivity index (χ2n) is 3.85. The number of rotatable bonds is 5. The molecule has 0 aromatic heterocycles. The summed E-state index contributed by atoms with van der Waals surface area (Å²) in [4.78, 5) is 12.3. The van der Waals surface area contributed by atoms with Crippen LogP contribution in [0, 0.1) is 5.82 Å². The lowest BCUT2D eigenvalue weighted by atomic mass is 10.1. The van der Waals surface area contributed by atoms with E-state index in [1.807, 2.05) is 6.92 Å². The van der Waals surface area contributed by atoms with E-state index in [9.17, 15) is 9.18 Å². The molecule has 0 aliphatic carbocycles. The number of nitrogens with two attached hydrogens (primary N) is 1. The van der Waals surface area contributed by atoms with Gasteiger partial charge in [-0.25, -0.2) is 4.39 Å². The van der Waals surface area contributed by atoms with Crippen molar-refractivity contribution in [2.75, 3.05) is 0 Å². The molecule has 0 heterocycles. The van der Waals surface area contributed by atoms with Crippen molar-refractivity contribution in [1.29, 1.82) is 0 Å². The molecule has 98 valence electrons. The molecule has 0 aliphatic heterocycles. The van der Waals surface area contributed by atoms with Crippen molar-refractivity contribution in [3.63, 3.8) is 0 Å². The molecule has 0 aliphatic rings. The highest BCUT2D eigenvalue weighted by Gasteiger charge is 2.18. The Labute approximate surface area is 119 Å². The van der Waals surface area contributed by atoms with Crippen molar-refractivity contribution >= 4 is 39.0 Å². The van der Waals surface area contributed by atoms with Crippen LogP contribution in [0.2, 0.25) is 0 Å². The normalized spacial score (nSPS) is 11.9. The van der Waals surface area contributed by atoms with E-state index in [4.69, 9.17) is 18.0 Å². The van der Waals surface area contributed by atoms with Gasteiger partial charge in [-0.15, -0.1) is 0 Å². The highest BCUT2D eigenvalue weighted by molar-refractivity contribution is 9.10. The average molecular weight is 333 g/mol. The second-order valence-corrected chi connectivity index (χ2v) is 5.22. The molecule has 18 heavy (non-hydrogen) atoms. The Kier molecular flexibility index (Phi) is 5.68. The first-order valence-electron chi connectivity index (χ1n) is 5.48. The number of halogens is 2. The standard InChI is InChI=1S/C12H14BrFN2OS/c1-2-7(6-10(15)18)16-12(17)11-8(13)4-3-5-9(11)14/h3-5,7H,2,6H2,1H3,(H2,15,18)(H,16,17). The van der Waals surface area contributed by atoms with Crippen molar-refractivity contribution in [2.24, 2.45) is 5.73 Å². The molecule has 1 atom stereocenters. The van der Waals surface area contributed by atoms with Crippen LogP contribution >= 0.6 is 28.1 Å². The zero-order valence-electron chi connectivity index (χ0n) is 9.87. The summed E-state index contributed by atoms with van der Waals surface area (Å²) in [7, 11) is 0. The minimum absolute atomic E-state index is 0.00103. The van der Waals surface area contributed by atoms with Crippen LogP contribution in [-0.4, -0.2) is 16.9 Å². The lowest BCUT2D eigenvalue weighted by molar-refractivity contribution is 0.0932. The van der Waals surface area contributed by atoms with Crippen molar-refractivity contribution in [1.82, 2.24) is 5.32 Å². The lowest BCUT2D eigenvalue weighted by Gasteiger charge is -2.17. The van der Waals surface area contributed by atoms with Crippen LogP contribution in [0.1, 0.15) is 30.1 Å². The van der Waals surface area contributed by atoms with Crippen molar-refractivity contribution in [2.45, 2.75) is 25.8 Å². The molecule has 1 aromatic rings. The summed E-state index contributed by atoms with van der Waals surface area (Å²) in [6.07, 6.45) is 1.08. The topological polar surface area (TPSA) is 55.1 Å². The number of carbonyl (C=O) groups excluding carboxylic acids is 1. The molecule has 0 saturated heterocycles. The quantitative estimate of drug-likeness (QED) is 0.815. The molecule has 1 aromatic carbocycles. The van der Waals surface area contributed by atoms with Crippen LogP contribution in [0.4, 0.5) is 4.39 Å². The van der Waals surface area contributed by atoms with Gasteiger partial charge in [-0.05, 0) is 34.5 Å². The van der Waals surface area contributed by atoms with E-state index in [2.05, 4.69) is 21.2 Å². The average Bonchev–Trinajstić information content (AvgIpc) is 2.27. The van der Waals surface area contributed by atoms with Gasteiger partial charge in [0.1, 0.15) is 5.82 Å². The summed E-state index contributed by atoms with van der Waals surface area (Å²) in [6.45, 7) is 1.90. The first-order valence-corrected chi connectivity index (χ1v) is 6.69. The van der Waals surface area contributed by atoms with Crippen LogP contribution < -0.4 is 11.1 Å². The van der Waals surface area contributed by atoms with Gasteiger partial charge in [0.25, 0.3) is 5.91 Å². The minimum Gasteiger partial charge on any atom is -0.393 e. The third kappa shape index (κ3) is 4.03. The van der Waals surface area contributed by atoms with Gasteiger partial charge >= 0.3 is 0 Å². The zero-order chi connectivity index (χ0) is 13.7. The monoisotopic (exact) mass is 332 g/mol. The fourth-order valence-electron chi connectivity index (χ4n) is 1.51. The third-order valence-electron chi connectivity index (χ3n) is 2.47. The van der Waals surface area contributed by atoms with Gasteiger partial charge in [0.05, 0.1) is 10.6 Å². The van der Waals surface area contributed by atoms with E-state index in [0.717, 1.165) is 0 Å². The van der Waals surface area contributed by atoms with Crippen LogP contribution in [-0.2, 0) is 0 Å². The minimum atomic E-state index is -0.563. The maximum Gasteiger partial charge on any atom is 0.255 e. The second kappa shape index (κ2) is 6.80. The van der Waals surface area contributed by atoms with Gasteiger partial charge in [-0.1, -0.05) is 25.2 Å². The SMILES string of the molecule is CCC(CC(N)=S)NC(=O)c1c(F)cccc1Br. The zero-order valence-corrected chi connectivity index (χ0v) is 12.3. The third-order valence-corrected chi connectivity index (χ3v) is 3.29. The fourth-order valence-corrected chi connectivity index (χ4v) is 2.24. The van der Waals surface area contributed by atoms with Gasteiger partial charge in [0.2, 0.25) is 0 Å². The number of thiocarbonyl (C=S) groups is 1. The first-order chi connectivity index (χ1) is 8.45. The number of amides is 1. The van der Waals surface area contributed by atoms with E-state index in [0.29, 0.717) is 22.3 Å². The highest BCUT2D eigenvalue weighted by atomic mass is 79.9. The Morgan fingerprint density at radius 3 is 2.78 bits per heavy atom. The van der Waals surface area contributed by atoms with Crippen LogP contribution in [0.15, 0.2) is 22.7 Å². The molecule has 3 nitrogen and oxygen atoms in total. The van der Waals surface area contributed by atoms with Crippen LogP contribution in [0.25, 0.3) is 0 Å². The van der Waals surface area contributed by atoms with Gasteiger partial charge < -0.3 is 11.1 Å². The summed E-state index contributed by atoms with van der Waals surface area (Å²) < 4.78 is 14.0. The van der Waals surface area contributed by atoms with Crippen molar-refractivity contribution < 1.29 is 9.18 Å². The van der Waals surface area contributed by atoms with E-state index < -0.39 is 11.7 Å². The Hall–Kier alpha value is -1.01. The predicted octanol–water partition coefficient (Wildman–Crippen LogP) is 2.77. The molecule has 1 unspecified atom stereocenters. The molecule has 1 rings (SSSR count). The predicted molar refractivity (Wildman–Crippen MR) is 77.0 cm³/mol. The Morgan fingerprint density at radius 1 is 1.61 bits per heavy atom. The molecule has 3 N–H and O–H groups in total. The van der Waals surface area contributed by atoms with Crippen molar-refractivity contribution in [3.05, 3.63) is 34.1 Å². The van der Waals surface area contributed by atoms with Crippen molar-refractivity contribution in [3.8, 4) is 0 Å². The fraction of sp³-hybridized carbons (Fsp3) is 0.333. The van der Waals surface area contributed by atoms with E-state index >= 15 is 0 Å². The van der Waals surface area contributed by atoms with Crippen LogP contribution in [0.5, 0.6) is 0 Å². The van der Waals surface area contributed by atoms with E-state index in [-0.39, 0.29) is 11.6 Å². The summed E-state index contributed by atoms with van der Waals surface area (Å²) in [5.74, 6) is -1.03. The molecule has 0 spiro atoms. The Bertz CT molecular complexity index is 447. The maximum atomic E-state index is 13.6. The molecule has 0 fully saturated rings. The molecule has 1 amide bonds. The number of carbonyl (C=O) groups is 1. The largest absolute Gasteiger partial charge is 0.393 e. The lowest BCUT2D eigenvalue weighted by Crippen LogP contribution is -2.37. The summed E-state index contributed by atoms with van der Waals surface area (Å²) in [5.41, 5.74) is 5.44. The molecule has 0 radical (unpaired) electrons. The van der Waals surface area contributed by atoms with E-state index in [1.165, 1.54) is 12.1 Å². The Balaban J connectivity index is 2.84. The van der Waals surface area contributed by atoms with Gasteiger partial charge in [0, 0.05) is 16.9 Å².